The van der Waals surface area contributed by atoms with Crippen molar-refractivity contribution in [1.82, 2.24) is 9.99 Å². The Kier molecular flexibility index (Phi) is 5.68. The summed E-state index contributed by atoms with van der Waals surface area (Å²) in [6.07, 6.45) is -4.03. The Bertz CT molecular complexity index is 1200. The van der Waals surface area contributed by atoms with Crippen molar-refractivity contribution >= 4 is 28.1 Å². The Balaban J connectivity index is 1.76. The lowest BCUT2D eigenvalue weighted by Gasteiger charge is -2.08. The molecule has 0 saturated carbocycles. The number of hydrazone groups is 1. The monoisotopic (exact) mass is 466 g/mol. The summed E-state index contributed by atoms with van der Waals surface area (Å²) >= 11 is 0.900. The topological polar surface area (TPSA) is 57.6 Å². The van der Waals surface area contributed by atoms with E-state index in [1.807, 2.05) is 0 Å². The number of nitrogens with one attached hydrogen (secondary N) is 1. The summed E-state index contributed by atoms with van der Waals surface area (Å²) < 4.78 is 67.5. The highest BCUT2D eigenvalue weighted by molar-refractivity contribution is 7.19. The van der Waals surface area contributed by atoms with Crippen LogP contribution in [0.5, 0.6) is 0 Å². The number of carbonyl (C=O) groups excluding carboxylic acids is 1. The average Bonchev–Trinajstić information content (AvgIpc) is 3.33. The van der Waals surface area contributed by atoms with E-state index in [0.29, 0.717) is 29.2 Å². The van der Waals surface area contributed by atoms with Crippen LogP contribution in [0.2, 0.25) is 0 Å². The second-order valence-electron chi connectivity index (χ2n) is 7.00. The first-order valence-corrected chi connectivity index (χ1v) is 10.2. The first-order valence-electron chi connectivity index (χ1n) is 9.36. The van der Waals surface area contributed by atoms with Crippen molar-refractivity contribution in [3.63, 3.8) is 0 Å². The summed E-state index contributed by atoms with van der Waals surface area (Å²) in [6.45, 7) is 0.594. The number of aromatic nitrogens is 1. The fourth-order valence-corrected chi connectivity index (χ4v) is 4.19. The quantitative estimate of drug-likeness (QED) is 0.524. The SMILES string of the molecule is CN1CCC(c2nc(NC(=O)c3c(F)cccc3F)sc2-c2cccc(C(F)(F)F)c2)=N1. The zero-order chi connectivity index (χ0) is 23.0. The molecule has 166 valence electrons. The Hall–Kier alpha value is -3.34. The largest absolute Gasteiger partial charge is 0.416 e. The number of carbonyl (C=O) groups is 1. The highest BCUT2D eigenvalue weighted by Gasteiger charge is 2.31. The molecule has 0 spiro atoms. The minimum Gasteiger partial charge on any atom is -0.299 e. The van der Waals surface area contributed by atoms with Gasteiger partial charge in [-0.1, -0.05) is 29.5 Å². The molecule has 4 rings (SSSR count). The molecule has 3 aromatic rings. The number of alkyl halides is 3. The summed E-state index contributed by atoms with van der Waals surface area (Å²) in [5, 5.41) is 8.33. The smallest absolute Gasteiger partial charge is 0.299 e. The summed E-state index contributed by atoms with van der Waals surface area (Å²) in [6, 6.07) is 7.73. The maximum atomic E-state index is 13.9. The van der Waals surface area contributed by atoms with E-state index in [-0.39, 0.29) is 10.7 Å². The predicted molar refractivity (Wildman–Crippen MR) is 111 cm³/mol. The minimum atomic E-state index is -4.54. The molecular weight excluding hydrogens is 451 g/mol. The van der Waals surface area contributed by atoms with Crippen LogP contribution in [0.4, 0.5) is 27.1 Å². The van der Waals surface area contributed by atoms with Gasteiger partial charge in [0.05, 0.1) is 16.2 Å². The van der Waals surface area contributed by atoms with Crippen LogP contribution in [-0.4, -0.2) is 35.2 Å². The fourth-order valence-electron chi connectivity index (χ4n) is 3.22. The number of halogens is 5. The van der Waals surface area contributed by atoms with Crippen molar-refractivity contribution in [1.29, 1.82) is 0 Å². The Morgan fingerprint density at radius 1 is 1.12 bits per heavy atom. The number of benzene rings is 2. The number of thiazole rings is 1. The van der Waals surface area contributed by atoms with Crippen molar-refractivity contribution in [3.05, 3.63) is 70.9 Å². The molecule has 0 aliphatic carbocycles. The van der Waals surface area contributed by atoms with Gasteiger partial charge in [-0.15, -0.1) is 0 Å². The summed E-state index contributed by atoms with van der Waals surface area (Å²) in [4.78, 5) is 17.1. The van der Waals surface area contributed by atoms with Gasteiger partial charge in [0.2, 0.25) is 0 Å². The van der Waals surface area contributed by atoms with E-state index in [9.17, 15) is 26.7 Å². The molecule has 0 atom stereocenters. The number of anilines is 1. The van der Waals surface area contributed by atoms with E-state index in [1.54, 1.807) is 12.1 Å². The van der Waals surface area contributed by atoms with E-state index in [2.05, 4.69) is 15.4 Å². The number of rotatable bonds is 4. The molecule has 11 heteroatoms. The number of nitrogens with zero attached hydrogens (tertiary/aromatic N) is 3. The van der Waals surface area contributed by atoms with Gasteiger partial charge < -0.3 is 0 Å². The van der Waals surface area contributed by atoms with E-state index in [1.165, 1.54) is 12.1 Å². The molecule has 1 amide bonds. The Morgan fingerprint density at radius 3 is 2.44 bits per heavy atom. The van der Waals surface area contributed by atoms with Gasteiger partial charge >= 0.3 is 6.18 Å². The molecular formula is C21H15F5N4OS. The maximum absolute atomic E-state index is 13.9. The van der Waals surface area contributed by atoms with Crippen molar-refractivity contribution < 1.29 is 26.7 Å². The van der Waals surface area contributed by atoms with Crippen LogP contribution in [-0.2, 0) is 6.18 Å². The van der Waals surface area contributed by atoms with Crippen LogP contribution < -0.4 is 5.32 Å². The molecule has 0 saturated heterocycles. The van der Waals surface area contributed by atoms with Crippen LogP contribution in [0.3, 0.4) is 0 Å². The lowest BCUT2D eigenvalue weighted by Crippen LogP contribution is -2.15. The molecule has 0 bridgehead atoms. The summed E-state index contributed by atoms with van der Waals surface area (Å²) in [5.74, 6) is -3.14. The van der Waals surface area contributed by atoms with Gasteiger partial charge in [0, 0.05) is 20.0 Å². The molecule has 0 unspecified atom stereocenters. The van der Waals surface area contributed by atoms with Crippen LogP contribution in [0, 0.1) is 11.6 Å². The fraction of sp³-hybridized carbons (Fsp3) is 0.190. The molecule has 5 nitrogen and oxygen atoms in total. The average molecular weight is 466 g/mol. The Labute approximate surface area is 183 Å². The molecule has 0 fully saturated rings. The molecule has 1 aromatic heterocycles. The Morgan fingerprint density at radius 2 is 1.81 bits per heavy atom. The number of hydrogen-bond acceptors (Lipinski definition) is 5. The van der Waals surface area contributed by atoms with Crippen LogP contribution in [0.25, 0.3) is 10.4 Å². The van der Waals surface area contributed by atoms with Crippen molar-refractivity contribution in [2.24, 2.45) is 5.10 Å². The molecule has 0 radical (unpaired) electrons. The van der Waals surface area contributed by atoms with Crippen LogP contribution in [0.15, 0.2) is 47.6 Å². The second kappa shape index (κ2) is 8.30. The minimum absolute atomic E-state index is 0.0164. The number of amides is 1. The zero-order valence-corrected chi connectivity index (χ0v) is 17.3. The first-order chi connectivity index (χ1) is 15.1. The summed E-state index contributed by atoms with van der Waals surface area (Å²) in [5.41, 5.74) is -0.527. The predicted octanol–water partition coefficient (Wildman–Crippen LogP) is 5.40. The van der Waals surface area contributed by atoms with Gasteiger partial charge in [-0.05, 0) is 29.8 Å². The van der Waals surface area contributed by atoms with E-state index >= 15 is 0 Å². The third kappa shape index (κ3) is 4.33. The van der Waals surface area contributed by atoms with Gasteiger partial charge in [0.15, 0.2) is 5.13 Å². The van der Waals surface area contributed by atoms with E-state index < -0.39 is 34.8 Å². The van der Waals surface area contributed by atoms with Gasteiger partial charge in [0.1, 0.15) is 22.9 Å². The maximum Gasteiger partial charge on any atom is 0.416 e. The molecule has 1 aliphatic heterocycles. The van der Waals surface area contributed by atoms with Gasteiger partial charge in [-0.2, -0.15) is 18.3 Å². The lowest BCUT2D eigenvalue weighted by atomic mass is 10.1. The van der Waals surface area contributed by atoms with Crippen LogP contribution >= 0.6 is 11.3 Å². The molecule has 2 heterocycles. The first kappa shape index (κ1) is 21.9. The molecule has 32 heavy (non-hydrogen) atoms. The normalized spacial score (nSPS) is 13.9. The second-order valence-corrected chi connectivity index (χ2v) is 8.00. The lowest BCUT2D eigenvalue weighted by molar-refractivity contribution is -0.137. The molecule has 1 aliphatic rings. The third-order valence-electron chi connectivity index (χ3n) is 4.73. The highest BCUT2D eigenvalue weighted by Crippen LogP contribution is 2.38. The van der Waals surface area contributed by atoms with E-state index in [0.717, 1.165) is 41.7 Å². The van der Waals surface area contributed by atoms with Gasteiger partial charge in [-0.25, -0.2) is 13.8 Å². The number of hydrogen-bond donors (Lipinski definition) is 1. The van der Waals surface area contributed by atoms with Crippen LogP contribution in [0.1, 0.15) is 28.0 Å². The molecule has 2 aromatic carbocycles. The standard InChI is InChI=1S/C21H15F5N4OS/c1-30-9-8-15(29-30)17-18(11-4-2-5-12(10-11)21(24,25)26)32-20(27-17)28-19(31)16-13(22)6-3-7-14(16)23/h2-7,10H,8-9H2,1H3,(H,27,28,31). The molecule has 1 N–H and O–H groups in total. The zero-order valence-electron chi connectivity index (χ0n) is 16.5. The highest BCUT2D eigenvalue weighted by atomic mass is 32.1. The summed E-state index contributed by atoms with van der Waals surface area (Å²) in [7, 11) is 1.74. The van der Waals surface area contributed by atoms with Crippen molar-refractivity contribution in [2.45, 2.75) is 12.6 Å². The van der Waals surface area contributed by atoms with Crippen molar-refractivity contribution in [2.75, 3.05) is 18.9 Å². The van der Waals surface area contributed by atoms with E-state index in [4.69, 9.17) is 0 Å². The third-order valence-corrected chi connectivity index (χ3v) is 5.75. The van der Waals surface area contributed by atoms with Gasteiger partial charge in [-0.3, -0.25) is 15.1 Å². The van der Waals surface area contributed by atoms with Gasteiger partial charge in [0.25, 0.3) is 5.91 Å². The van der Waals surface area contributed by atoms with Crippen molar-refractivity contribution in [3.8, 4) is 10.4 Å².